The first-order valence-corrected chi connectivity index (χ1v) is 6.89. The second-order valence-corrected chi connectivity index (χ2v) is 4.33. The van der Waals surface area contributed by atoms with Crippen LogP contribution in [0.2, 0.25) is 0 Å². The number of aliphatic hydroxyl groups is 1. The molecule has 16 heavy (non-hydrogen) atoms. The lowest BCUT2D eigenvalue weighted by Gasteiger charge is -2.16. The van der Waals surface area contributed by atoms with Crippen LogP contribution in [0.5, 0.6) is 0 Å². The van der Waals surface area contributed by atoms with Crippen molar-refractivity contribution < 1.29 is 9.90 Å². The lowest BCUT2D eigenvalue weighted by molar-refractivity contribution is 0.231. The standard InChI is InChI=1S/C11H22N2O2S/c1-3-4-5-7-12-11(15)13-10(6-8-14)9-16-2/h3-4,10,14H,5-9H2,1-2H3,(H2,12,13,15). The van der Waals surface area contributed by atoms with Gasteiger partial charge in [0.05, 0.1) is 0 Å². The third-order valence-electron chi connectivity index (χ3n) is 2.01. The zero-order chi connectivity index (χ0) is 12.2. The van der Waals surface area contributed by atoms with Gasteiger partial charge in [0.25, 0.3) is 0 Å². The molecule has 94 valence electrons. The van der Waals surface area contributed by atoms with Gasteiger partial charge >= 0.3 is 6.03 Å². The van der Waals surface area contributed by atoms with Crippen LogP contribution in [0.1, 0.15) is 19.8 Å². The fraction of sp³-hybridized carbons (Fsp3) is 0.727. The fourth-order valence-corrected chi connectivity index (χ4v) is 1.88. The van der Waals surface area contributed by atoms with Crippen molar-refractivity contribution >= 4 is 17.8 Å². The maximum atomic E-state index is 11.4. The highest BCUT2D eigenvalue weighted by molar-refractivity contribution is 7.98. The molecule has 3 N–H and O–H groups in total. The smallest absolute Gasteiger partial charge is 0.315 e. The summed E-state index contributed by atoms with van der Waals surface area (Å²) in [4.78, 5) is 11.4. The van der Waals surface area contributed by atoms with Crippen molar-refractivity contribution in [3.8, 4) is 0 Å². The van der Waals surface area contributed by atoms with Crippen LogP contribution >= 0.6 is 11.8 Å². The van der Waals surface area contributed by atoms with Gasteiger partial charge in [0.2, 0.25) is 0 Å². The van der Waals surface area contributed by atoms with Crippen molar-refractivity contribution in [2.75, 3.05) is 25.2 Å². The second kappa shape index (κ2) is 10.8. The predicted octanol–water partition coefficient (Wildman–Crippen LogP) is 1.37. The van der Waals surface area contributed by atoms with E-state index in [1.165, 1.54) is 0 Å². The average Bonchev–Trinajstić information content (AvgIpc) is 2.25. The Kier molecular flexibility index (Phi) is 10.4. The van der Waals surface area contributed by atoms with Crippen LogP contribution in [-0.2, 0) is 0 Å². The van der Waals surface area contributed by atoms with E-state index in [-0.39, 0.29) is 18.7 Å². The van der Waals surface area contributed by atoms with Crippen molar-refractivity contribution in [3.63, 3.8) is 0 Å². The number of thioether (sulfide) groups is 1. The molecular formula is C11H22N2O2S. The summed E-state index contributed by atoms with van der Waals surface area (Å²) < 4.78 is 0. The summed E-state index contributed by atoms with van der Waals surface area (Å²) >= 11 is 1.66. The summed E-state index contributed by atoms with van der Waals surface area (Å²) in [6.07, 6.45) is 7.39. The van der Waals surface area contributed by atoms with Crippen LogP contribution in [0, 0.1) is 0 Å². The van der Waals surface area contributed by atoms with Crippen molar-refractivity contribution in [3.05, 3.63) is 12.2 Å². The zero-order valence-electron chi connectivity index (χ0n) is 10.0. The Hall–Kier alpha value is -0.680. The Bertz CT molecular complexity index is 204. The number of carbonyl (C=O) groups excluding carboxylic acids is 1. The quantitative estimate of drug-likeness (QED) is 0.448. The van der Waals surface area contributed by atoms with Gasteiger partial charge in [-0.25, -0.2) is 4.79 Å². The first-order chi connectivity index (χ1) is 7.74. The van der Waals surface area contributed by atoms with Crippen LogP contribution in [-0.4, -0.2) is 42.3 Å². The van der Waals surface area contributed by atoms with Gasteiger partial charge in [-0.15, -0.1) is 0 Å². The first kappa shape index (κ1) is 15.3. The van der Waals surface area contributed by atoms with Crippen molar-refractivity contribution in [1.29, 1.82) is 0 Å². The van der Waals surface area contributed by atoms with Gasteiger partial charge in [0, 0.05) is 24.9 Å². The van der Waals surface area contributed by atoms with E-state index in [4.69, 9.17) is 5.11 Å². The summed E-state index contributed by atoms with van der Waals surface area (Å²) in [6.45, 7) is 2.70. The molecular weight excluding hydrogens is 224 g/mol. The van der Waals surface area contributed by atoms with E-state index in [1.54, 1.807) is 11.8 Å². The number of urea groups is 1. The van der Waals surface area contributed by atoms with Crippen LogP contribution in [0.25, 0.3) is 0 Å². The zero-order valence-corrected chi connectivity index (χ0v) is 10.8. The van der Waals surface area contributed by atoms with Gasteiger partial charge in [-0.1, -0.05) is 12.2 Å². The molecule has 0 rings (SSSR count). The molecule has 0 aromatic heterocycles. The number of hydrogen-bond donors (Lipinski definition) is 3. The lowest BCUT2D eigenvalue weighted by atomic mass is 10.2. The molecule has 0 aromatic carbocycles. The molecule has 5 heteroatoms. The Morgan fingerprint density at radius 1 is 1.56 bits per heavy atom. The molecule has 0 aromatic rings. The minimum Gasteiger partial charge on any atom is -0.396 e. The Morgan fingerprint density at radius 2 is 2.31 bits per heavy atom. The molecule has 1 unspecified atom stereocenters. The largest absolute Gasteiger partial charge is 0.396 e. The number of aliphatic hydroxyl groups excluding tert-OH is 1. The average molecular weight is 246 g/mol. The van der Waals surface area contributed by atoms with Crippen LogP contribution < -0.4 is 10.6 Å². The maximum absolute atomic E-state index is 11.4. The number of amides is 2. The van der Waals surface area contributed by atoms with Gasteiger partial charge in [-0.3, -0.25) is 0 Å². The molecule has 4 nitrogen and oxygen atoms in total. The van der Waals surface area contributed by atoms with Crippen LogP contribution in [0.4, 0.5) is 4.79 Å². The molecule has 0 heterocycles. The summed E-state index contributed by atoms with van der Waals surface area (Å²) in [5, 5.41) is 14.4. The van der Waals surface area contributed by atoms with Gasteiger partial charge in [0.1, 0.15) is 0 Å². The summed E-state index contributed by atoms with van der Waals surface area (Å²) in [6, 6.07) is -0.112. The molecule has 0 fully saturated rings. The molecule has 0 aliphatic rings. The molecule has 0 bridgehead atoms. The minimum absolute atomic E-state index is 0.0433. The number of allylic oxidation sites excluding steroid dienone is 1. The predicted molar refractivity (Wildman–Crippen MR) is 69.8 cm³/mol. The molecule has 0 aliphatic heterocycles. The van der Waals surface area contributed by atoms with Crippen LogP contribution in [0.3, 0.4) is 0 Å². The van der Waals surface area contributed by atoms with E-state index in [1.807, 2.05) is 25.3 Å². The SMILES string of the molecule is CC=CCCNC(=O)NC(CCO)CSC. The third kappa shape index (κ3) is 8.61. The van der Waals surface area contributed by atoms with Crippen LogP contribution in [0.15, 0.2) is 12.2 Å². The van der Waals surface area contributed by atoms with Crippen molar-refractivity contribution in [1.82, 2.24) is 10.6 Å². The molecule has 0 saturated heterocycles. The normalized spacial score (nSPS) is 12.7. The highest BCUT2D eigenvalue weighted by Gasteiger charge is 2.10. The summed E-state index contributed by atoms with van der Waals surface area (Å²) in [5.74, 6) is 0.822. The van der Waals surface area contributed by atoms with E-state index in [0.29, 0.717) is 13.0 Å². The molecule has 1 atom stereocenters. The van der Waals surface area contributed by atoms with Gasteiger partial charge in [-0.2, -0.15) is 11.8 Å². The molecule has 0 radical (unpaired) electrons. The summed E-state index contributed by atoms with van der Waals surface area (Å²) in [5.41, 5.74) is 0. The fourth-order valence-electron chi connectivity index (χ4n) is 1.23. The van der Waals surface area contributed by atoms with Gasteiger partial charge < -0.3 is 15.7 Å². The Balaban J connectivity index is 3.71. The molecule has 0 spiro atoms. The Morgan fingerprint density at radius 3 is 2.88 bits per heavy atom. The lowest BCUT2D eigenvalue weighted by Crippen LogP contribution is -2.43. The van der Waals surface area contributed by atoms with E-state index < -0.39 is 0 Å². The number of nitrogens with one attached hydrogen (secondary N) is 2. The van der Waals surface area contributed by atoms with E-state index in [0.717, 1.165) is 12.2 Å². The van der Waals surface area contributed by atoms with E-state index in [9.17, 15) is 4.79 Å². The van der Waals surface area contributed by atoms with Gasteiger partial charge in [0.15, 0.2) is 0 Å². The number of carbonyl (C=O) groups is 1. The highest BCUT2D eigenvalue weighted by atomic mass is 32.2. The third-order valence-corrected chi connectivity index (χ3v) is 2.75. The maximum Gasteiger partial charge on any atom is 0.315 e. The highest BCUT2D eigenvalue weighted by Crippen LogP contribution is 2.00. The topological polar surface area (TPSA) is 61.4 Å². The molecule has 0 aliphatic carbocycles. The number of hydrogen-bond acceptors (Lipinski definition) is 3. The first-order valence-electron chi connectivity index (χ1n) is 5.49. The second-order valence-electron chi connectivity index (χ2n) is 3.42. The summed E-state index contributed by atoms with van der Waals surface area (Å²) in [7, 11) is 0. The van der Waals surface area contributed by atoms with Crippen molar-refractivity contribution in [2.45, 2.75) is 25.8 Å². The van der Waals surface area contributed by atoms with E-state index in [2.05, 4.69) is 10.6 Å². The monoisotopic (exact) mass is 246 g/mol. The van der Waals surface area contributed by atoms with Crippen molar-refractivity contribution in [2.24, 2.45) is 0 Å². The molecule has 2 amide bonds. The minimum atomic E-state index is -0.156. The molecule has 0 saturated carbocycles. The van der Waals surface area contributed by atoms with Gasteiger partial charge in [-0.05, 0) is 26.0 Å². The number of rotatable bonds is 8. The van der Waals surface area contributed by atoms with E-state index >= 15 is 0 Å². The Labute approximate surface area is 102 Å².